The molecule has 146 valence electrons. The first-order valence-electron chi connectivity index (χ1n) is 9.99. The molecule has 0 aliphatic heterocycles. The van der Waals surface area contributed by atoms with E-state index in [2.05, 4.69) is 0 Å². The number of ether oxygens (including phenoxy) is 1. The standard InChI is InChI=1S/C22H29NO4/c1-4-23(16-8-6-5-7-9-16)21(24)14-26-17-10-11-18-19(15(2)3)13-22(25)27-20(18)12-17/h10-13,15-16H,4-9,14H2,1-3H3. The first kappa shape index (κ1) is 19.5. The molecule has 0 spiro atoms. The fourth-order valence-corrected chi connectivity index (χ4v) is 3.99. The number of carbonyl (C=O) groups excluding carboxylic acids is 1. The molecule has 0 unspecified atom stereocenters. The van der Waals surface area contributed by atoms with Crippen LogP contribution in [0.3, 0.4) is 0 Å². The maximum absolute atomic E-state index is 12.6. The van der Waals surface area contributed by atoms with Crippen LogP contribution in [0.2, 0.25) is 0 Å². The molecule has 1 fully saturated rings. The van der Waals surface area contributed by atoms with E-state index < -0.39 is 0 Å². The predicted octanol–water partition coefficient (Wildman–Crippen LogP) is 4.48. The summed E-state index contributed by atoms with van der Waals surface area (Å²) < 4.78 is 11.1. The van der Waals surface area contributed by atoms with Crippen LogP contribution in [-0.2, 0) is 4.79 Å². The second-order valence-electron chi connectivity index (χ2n) is 7.59. The normalized spacial score (nSPS) is 15.3. The molecule has 1 aliphatic carbocycles. The summed E-state index contributed by atoms with van der Waals surface area (Å²) in [5, 5.41) is 0.903. The summed E-state index contributed by atoms with van der Waals surface area (Å²) in [6.45, 7) is 6.82. The largest absolute Gasteiger partial charge is 0.484 e. The van der Waals surface area contributed by atoms with E-state index in [1.165, 1.54) is 19.3 Å². The second-order valence-corrected chi connectivity index (χ2v) is 7.59. The molecule has 0 N–H and O–H groups in total. The number of likely N-dealkylation sites (N-methyl/N-ethyl adjacent to an activating group) is 1. The zero-order valence-electron chi connectivity index (χ0n) is 16.5. The molecule has 1 aromatic carbocycles. The number of benzene rings is 1. The van der Waals surface area contributed by atoms with Crippen LogP contribution in [0.25, 0.3) is 11.0 Å². The van der Waals surface area contributed by atoms with Crippen LogP contribution < -0.4 is 10.4 Å². The van der Waals surface area contributed by atoms with Crippen LogP contribution in [0.1, 0.15) is 64.4 Å². The fraction of sp³-hybridized carbons (Fsp3) is 0.545. The lowest BCUT2D eigenvalue weighted by molar-refractivity contribution is -0.136. The topological polar surface area (TPSA) is 59.8 Å². The quantitative estimate of drug-likeness (QED) is 0.703. The minimum atomic E-state index is -0.367. The van der Waals surface area contributed by atoms with E-state index >= 15 is 0 Å². The summed E-state index contributed by atoms with van der Waals surface area (Å²) in [6.07, 6.45) is 5.81. The van der Waals surface area contributed by atoms with Gasteiger partial charge < -0.3 is 14.1 Å². The van der Waals surface area contributed by atoms with Gasteiger partial charge in [0.25, 0.3) is 5.91 Å². The number of carbonyl (C=O) groups is 1. The number of nitrogens with zero attached hydrogens (tertiary/aromatic N) is 1. The minimum absolute atomic E-state index is 0.00392. The van der Waals surface area contributed by atoms with Gasteiger partial charge in [-0.25, -0.2) is 4.79 Å². The molecule has 1 aliphatic rings. The van der Waals surface area contributed by atoms with Crippen LogP contribution in [0.5, 0.6) is 5.75 Å². The minimum Gasteiger partial charge on any atom is -0.484 e. The van der Waals surface area contributed by atoms with Gasteiger partial charge in [-0.05, 0) is 43.4 Å². The molecule has 2 aromatic rings. The summed E-state index contributed by atoms with van der Waals surface area (Å²) >= 11 is 0. The average Bonchev–Trinajstić information content (AvgIpc) is 2.66. The van der Waals surface area contributed by atoms with Crippen LogP contribution in [0, 0.1) is 0 Å². The number of hydrogen-bond acceptors (Lipinski definition) is 4. The van der Waals surface area contributed by atoms with E-state index in [0.717, 1.165) is 23.8 Å². The lowest BCUT2D eigenvalue weighted by Gasteiger charge is -2.33. The van der Waals surface area contributed by atoms with Crippen LogP contribution in [0.4, 0.5) is 0 Å². The van der Waals surface area contributed by atoms with Gasteiger partial charge in [0.15, 0.2) is 6.61 Å². The van der Waals surface area contributed by atoms with Gasteiger partial charge >= 0.3 is 5.63 Å². The van der Waals surface area contributed by atoms with Crippen LogP contribution in [0.15, 0.2) is 33.5 Å². The summed E-state index contributed by atoms with van der Waals surface area (Å²) in [4.78, 5) is 26.4. The summed E-state index contributed by atoms with van der Waals surface area (Å²) in [5.41, 5.74) is 1.09. The molecule has 0 bridgehead atoms. The zero-order chi connectivity index (χ0) is 19.4. The molecule has 3 rings (SSSR count). The molecule has 1 aromatic heterocycles. The Morgan fingerprint density at radius 1 is 1.22 bits per heavy atom. The Kier molecular flexibility index (Phi) is 6.19. The molecule has 0 atom stereocenters. The van der Waals surface area contributed by atoms with Crippen LogP contribution in [-0.4, -0.2) is 30.0 Å². The van der Waals surface area contributed by atoms with Crippen molar-refractivity contribution < 1.29 is 13.9 Å². The Hall–Kier alpha value is -2.30. The lowest BCUT2D eigenvalue weighted by Crippen LogP contribution is -2.43. The predicted molar refractivity (Wildman–Crippen MR) is 106 cm³/mol. The third-order valence-electron chi connectivity index (χ3n) is 5.41. The van der Waals surface area contributed by atoms with Gasteiger partial charge in [0.05, 0.1) is 0 Å². The molecule has 1 amide bonds. The Balaban J connectivity index is 1.72. The Bertz CT molecular complexity index is 849. The highest BCUT2D eigenvalue weighted by Gasteiger charge is 2.24. The van der Waals surface area contributed by atoms with E-state index in [1.54, 1.807) is 12.1 Å². The average molecular weight is 371 g/mol. The van der Waals surface area contributed by atoms with Gasteiger partial charge in [-0.3, -0.25) is 4.79 Å². The van der Waals surface area contributed by atoms with Crippen molar-refractivity contribution >= 4 is 16.9 Å². The first-order chi connectivity index (χ1) is 13.0. The smallest absolute Gasteiger partial charge is 0.336 e. The maximum atomic E-state index is 12.6. The van der Waals surface area contributed by atoms with Gasteiger partial charge in [0, 0.05) is 30.1 Å². The summed E-state index contributed by atoms with van der Waals surface area (Å²) in [6, 6.07) is 7.31. The van der Waals surface area contributed by atoms with Gasteiger partial charge in [0.2, 0.25) is 0 Å². The molecule has 0 saturated heterocycles. The number of fused-ring (bicyclic) bond motifs is 1. The highest BCUT2D eigenvalue weighted by molar-refractivity contribution is 5.82. The zero-order valence-corrected chi connectivity index (χ0v) is 16.5. The maximum Gasteiger partial charge on any atom is 0.336 e. The van der Waals surface area contributed by atoms with Crippen molar-refractivity contribution in [2.75, 3.05) is 13.2 Å². The van der Waals surface area contributed by atoms with E-state index in [-0.39, 0.29) is 24.1 Å². The molecular formula is C22H29NO4. The van der Waals surface area contributed by atoms with Crippen molar-refractivity contribution in [3.8, 4) is 5.75 Å². The van der Waals surface area contributed by atoms with Crippen molar-refractivity contribution in [2.24, 2.45) is 0 Å². The van der Waals surface area contributed by atoms with E-state index in [1.807, 2.05) is 37.8 Å². The van der Waals surface area contributed by atoms with Gasteiger partial charge in [-0.1, -0.05) is 33.1 Å². The Morgan fingerprint density at radius 3 is 2.63 bits per heavy atom. The second kappa shape index (κ2) is 8.59. The van der Waals surface area contributed by atoms with Crippen LogP contribution >= 0.6 is 0 Å². The number of rotatable bonds is 6. The van der Waals surface area contributed by atoms with Crippen molar-refractivity contribution in [3.63, 3.8) is 0 Å². The molecule has 1 saturated carbocycles. The number of amides is 1. The summed E-state index contributed by atoms with van der Waals surface area (Å²) in [5.74, 6) is 0.778. The van der Waals surface area contributed by atoms with Crippen molar-refractivity contribution in [3.05, 3.63) is 40.2 Å². The first-order valence-corrected chi connectivity index (χ1v) is 9.99. The van der Waals surface area contributed by atoms with Gasteiger partial charge in [-0.2, -0.15) is 0 Å². The Labute approximate surface area is 160 Å². The molecule has 0 radical (unpaired) electrons. The van der Waals surface area contributed by atoms with E-state index in [4.69, 9.17) is 9.15 Å². The third kappa shape index (κ3) is 4.52. The van der Waals surface area contributed by atoms with Gasteiger partial charge in [0.1, 0.15) is 11.3 Å². The monoisotopic (exact) mass is 371 g/mol. The fourth-order valence-electron chi connectivity index (χ4n) is 3.99. The van der Waals surface area contributed by atoms with E-state index in [0.29, 0.717) is 23.9 Å². The number of hydrogen-bond donors (Lipinski definition) is 0. The third-order valence-corrected chi connectivity index (χ3v) is 5.41. The van der Waals surface area contributed by atoms with Crippen molar-refractivity contribution in [1.82, 2.24) is 4.90 Å². The summed E-state index contributed by atoms with van der Waals surface area (Å²) in [7, 11) is 0. The highest BCUT2D eigenvalue weighted by Crippen LogP contribution is 2.27. The van der Waals surface area contributed by atoms with Crippen molar-refractivity contribution in [2.45, 2.75) is 64.8 Å². The van der Waals surface area contributed by atoms with Crippen molar-refractivity contribution in [1.29, 1.82) is 0 Å². The molecule has 1 heterocycles. The molecule has 5 nitrogen and oxygen atoms in total. The molecule has 5 heteroatoms. The SMILES string of the molecule is CCN(C(=O)COc1ccc2c(C(C)C)cc(=O)oc2c1)C1CCCCC1. The molecular weight excluding hydrogens is 342 g/mol. The van der Waals surface area contributed by atoms with Gasteiger partial charge in [-0.15, -0.1) is 0 Å². The van der Waals surface area contributed by atoms with E-state index in [9.17, 15) is 9.59 Å². The molecule has 27 heavy (non-hydrogen) atoms. The lowest BCUT2D eigenvalue weighted by atomic mass is 9.94. The Morgan fingerprint density at radius 2 is 1.96 bits per heavy atom. The highest BCUT2D eigenvalue weighted by atomic mass is 16.5.